The maximum Gasteiger partial charge on any atom is 0.235 e. The van der Waals surface area contributed by atoms with Gasteiger partial charge in [-0.1, -0.05) is 111 Å². The molecular weight excluding hydrogens is 550 g/mol. The average molecular weight is 578 g/mol. The third kappa shape index (κ3) is 3.21. The van der Waals surface area contributed by atoms with Crippen LogP contribution in [0, 0.1) is 0 Å². The van der Waals surface area contributed by atoms with Crippen LogP contribution in [0.4, 0.5) is 0 Å². The number of benzene rings is 6. The molecule has 0 fully saturated rings. The summed E-state index contributed by atoms with van der Waals surface area (Å²) in [4.78, 5) is 10.7. The van der Waals surface area contributed by atoms with Gasteiger partial charge in [-0.2, -0.15) is 0 Å². The number of para-hydroxylation sites is 3. The summed E-state index contributed by atoms with van der Waals surface area (Å²) in [5.41, 5.74) is 12.0. The van der Waals surface area contributed by atoms with Gasteiger partial charge < -0.3 is 4.42 Å². The van der Waals surface area contributed by atoms with Gasteiger partial charge >= 0.3 is 0 Å². The SMILES string of the molecule is CC1(C)c2ccccc2-c2ccc3c(c21)c1ccccc1n3-c1nc(-c2cccc3oc4ccccc4c23)c2ccccc2n1. The fraction of sp³-hybridized carbons (Fsp3) is 0.0732. The standard InChI is InChI=1S/C41H27N3O/c1-41(2)30-17-7-3-12-24(30)25-22-23-33-37(38(25)41)27-14-5-9-19-32(27)44(33)40-42-31-18-8-4-13-26(31)39(43-40)29-16-11-21-35-36(29)28-15-6-10-20-34(28)45-35/h3-23H,1-2H3. The number of aromatic nitrogens is 3. The van der Waals surface area contributed by atoms with Crippen LogP contribution in [0.15, 0.2) is 132 Å². The highest BCUT2D eigenvalue weighted by molar-refractivity contribution is 6.16. The largest absolute Gasteiger partial charge is 0.456 e. The van der Waals surface area contributed by atoms with Gasteiger partial charge in [0.25, 0.3) is 0 Å². The molecule has 4 heteroatoms. The van der Waals surface area contributed by atoms with Crippen LogP contribution in [-0.4, -0.2) is 14.5 Å². The molecule has 1 aliphatic rings. The van der Waals surface area contributed by atoms with Crippen molar-refractivity contribution in [2.45, 2.75) is 19.3 Å². The topological polar surface area (TPSA) is 43.9 Å². The fourth-order valence-corrected chi connectivity index (χ4v) is 7.89. The predicted octanol–water partition coefficient (Wildman–Crippen LogP) is 10.6. The normalized spacial score (nSPS) is 13.7. The van der Waals surface area contributed by atoms with Crippen molar-refractivity contribution in [3.05, 3.63) is 139 Å². The molecule has 1 aliphatic carbocycles. The van der Waals surface area contributed by atoms with Crippen molar-refractivity contribution >= 4 is 54.6 Å². The molecule has 0 unspecified atom stereocenters. The second kappa shape index (κ2) is 8.67. The highest BCUT2D eigenvalue weighted by Gasteiger charge is 2.38. The first-order valence-corrected chi connectivity index (χ1v) is 15.4. The smallest absolute Gasteiger partial charge is 0.235 e. The Kier molecular flexibility index (Phi) is 4.76. The first kappa shape index (κ1) is 24.7. The minimum absolute atomic E-state index is 0.145. The third-order valence-corrected chi connectivity index (χ3v) is 9.80. The highest BCUT2D eigenvalue weighted by atomic mass is 16.3. The molecule has 3 aromatic heterocycles. The van der Waals surface area contributed by atoms with E-state index in [1.807, 2.05) is 18.2 Å². The van der Waals surface area contributed by atoms with E-state index in [0.717, 1.165) is 55.1 Å². The van der Waals surface area contributed by atoms with Gasteiger partial charge in [0.15, 0.2) is 0 Å². The van der Waals surface area contributed by atoms with Gasteiger partial charge in [0.2, 0.25) is 5.95 Å². The molecule has 0 saturated heterocycles. The van der Waals surface area contributed by atoms with Gasteiger partial charge in [-0.05, 0) is 52.6 Å². The van der Waals surface area contributed by atoms with E-state index >= 15 is 0 Å². The van der Waals surface area contributed by atoms with Crippen molar-refractivity contribution in [3.8, 4) is 28.3 Å². The number of furan rings is 1. The van der Waals surface area contributed by atoms with Gasteiger partial charge in [0.05, 0.1) is 22.2 Å². The Morgan fingerprint density at radius 3 is 2.16 bits per heavy atom. The molecule has 0 spiro atoms. The van der Waals surface area contributed by atoms with E-state index in [4.69, 9.17) is 14.4 Å². The monoisotopic (exact) mass is 577 g/mol. The lowest BCUT2D eigenvalue weighted by molar-refractivity contribution is 0.666. The van der Waals surface area contributed by atoms with Gasteiger partial charge in [-0.3, -0.25) is 4.57 Å². The molecule has 0 radical (unpaired) electrons. The Bertz CT molecular complexity index is 2690. The van der Waals surface area contributed by atoms with E-state index in [2.05, 4.69) is 128 Å². The second-order valence-electron chi connectivity index (χ2n) is 12.6. The Labute approximate surface area is 259 Å². The van der Waals surface area contributed by atoms with Crippen molar-refractivity contribution in [1.29, 1.82) is 0 Å². The highest BCUT2D eigenvalue weighted by Crippen LogP contribution is 2.53. The van der Waals surface area contributed by atoms with Gasteiger partial charge in [-0.25, -0.2) is 9.97 Å². The predicted molar refractivity (Wildman–Crippen MR) is 184 cm³/mol. The number of rotatable bonds is 2. The Morgan fingerprint density at radius 1 is 0.533 bits per heavy atom. The molecule has 0 saturated carbocycles. The van der Waals surface area contributed by atoms with Gasteiger partial charge in [0.1, 0.15) is 11.2 Å². The van der Waals surface area contributed by atoms with Crippen LogP contribution in [0.2, 0.25) is 0 Å². The number of fused-ring (bicyclic) bond motifs is 11. The first-order chi connectivity index (χ1) is 22.1. The molecular formula is C41H27N3O. The number of nitrogens with zero attached hydrogens (tertiary/aromatic N) is 3. The van der Waals surface area contributed by atoms with Crippen LogP contribution < -0.4 is 0 Å². The fourth-order valence-electron chi connectivity index (χ4n) is 7.89. The summed E-state index contributed by atoms with van der Waals surface area (Å²) < 4.78 is 8.54. The minimum atomic E-state index is -0.145. The molecule has 0 aliphatic heterocycles. The van der Waals surface area contributed by atoms with Crippen molar-refractivity contribution in [1.82, 2.24) is 14.5 Å². The van der Waals surface area contributed by atoms with Crippen molar-refractivity contribution < 1.29 is 4.42 Å². The van der Waals surface area contributed by atoms with Crippen LogP contribution in [0.5, 0.6) is 0 Å². The van der Waals surface area contributed by atoms with E-state index < -0.39 is 0 Å². The molecule has 6 aromatic carbocycles. The molecule has 9 aromatic rings. The van der Waals surface area contributed by atoms with E-state index in [-0.39, 0.29) is 5.41 Å². The van der Waals surface area contributed by atoms with Crippen LogP contribution >= 0.6 is 0 Å². The average Bonchev–Trinajstić information content (AvgIpc) is 3.70. The lowest BCUT2D eigenvalue weighted by Crippen LogP contribution is -2.15. The molecule has 3 heterocycles. The molecule has 212 valence electrons. The third-order valence-electron chi connectivity index (χ3n) is 9.80. The zero-order valence-electron chi connectivity index (χ0n) is 24.9. The summed E-state index contributed by atoms with van der Waals surface area (Å²) in [7, 11) is 0. The number of hydrogen-bond donors (Lipinski definition) is 0. The molecule has 4 nitrogen and oxygen atoms in total. The summed E-state index contributed by atoms with van der Waals surface area (Å²) in [5, 5.41) is 5.65. The quantitative estimate of drug-likeness (QED) is 0.205. The molecule has 45 heavy (non-hydrogen) atoms. The zero-order valence-corrected chi connectivity index (χ0v) is 24.9. The minimum Gasteiger partial charge on any atom is -0.456 e. The maximum absolute atomic E-state index is 6.28. The van der Waals surface area contributed by atoms with E-state index in [1.54, 1.807) is 0 Å². The van der Waals surface area contributed by atoms with Crippen molar-refractivity contribution in [2.75, 3.05) is 0 Å². The Hall–Kier alpha value is -5.74. The molecule has 0 N–H and O–H groups in total. The summed E-state index contributed by atoms with van der Waals surface area (Å²) in [5.74, 6) is 0.660. The number of hydrogen-bond acceptors (Lipinski definition) is 3. The maximum atomic E-state index is 6.28. The van der Waals surface area contributed by atoms with E-state index in [1.165, 1.54) is 33.0 Å². The molecule has 0 atom stereocenters. The van der Waals surface area contributed by atoms with Crippen molar-refractivity contribution in [2.24, 2.45) is 0 Å². The molecule has 0 amide bonds. The summed E-state index contributed by atoms with van der Waals surface area (Å²) in [6, 6.07) is 44.9. The second-order valence-corrected chi connectivity index (χ2v) is 12.6. The van der Waals surface area contributed by atoms with Gasteiger partial charge in [0, 0.05) is 37.9 Å². The summed E-state index contributed by atoms with van der Waals surface area (Å²) in [6.07, 6.45) is 0. The summed E-state index contributed by atoms with van der Waals surface area (Å²) >= 11 is 0. The zero-order chi connectivity index (χ0) is 29.9. The van der Waals surface area contributed by atoms with E-state index in [9.17, 15) is 0 Å². The molecule has 0 bridgehead atoms. The van der Waals surface area contributed by atoms with Gasteiger partial charge in [-0.15, -0.1) is 0 Å². The van der Waals surface area contributed by atoms with Crippen LogP contribution in [0.25, 0.3) is 83.0 Å². The first-order valence-electron chi connectivity index (χ1n) is 15.4. The van der Waals surface area contributed by atoms with Crippen LogP contribution in [-0.2, 0) is 5.41 Å². The lowest BCUT2D eigenvalue weighted by Gasteiger charge is -2.22. The Balaban J connectivity index is 1.33. The lowest BCUT2D eigenvalue weighted by atomic mass is 9.80. The Morgan fingerprint density at radius 2 is 1.24 bits per heavy atom. The van der Waals surface area contributed by atoms with Crippen LogP contribution in [0.3, 0.4) is 0 Å². The van der Waals surface area contributed by atoms with Crippen molar-refractivity contribution in [3.63, 3.8) is 0 Å². The van der Waals surface area contributed by atoms with Crippen LogP contribution in [0.1, 0.15) is 25.0 Å². The van der Waals surface area contributed by atoms with E-state index in [0.29, 0.717) is 5.95 Å². The molecule has 10 rings (SSSR count). The summed E-state index contributed by atoms with van der Waals surface area (Å²) in [6.45, 7) is 4.70.